The van der Waals surface area contributed by atoms with Gasteiger partial charge >= 0.3 is 0 Å². The minimum absolute atomic E-state index is 0.0619. The van der Waals surface area contributed by atoms with Crippen molar-refractivity contribution in [1.82, 2.24) is 10.3 Å². The monoisotopic (exact) mass is 253 g/mol. The van der Waals surface area contributed by atoms with Gasteiger partial charge in [-0.1, -0.05) is 0 Å². The van der Waals surface area contributed by atoms with Crippen LogP contribution in [0.4, 0.5) is 0 Å². The second kappa shape index (κ2) is 8.08. The summed E-state index contributed by atoms with van der Waals surface area (Å²) < 4.78 is 0. The highest BCUT2D eigenvalue weighted by molar-refractivity contribution is 7.98. The van der Waals surface area contributed by atoms with Crippen LogP contribution < -0.4 is 11.1 Å². The predicted molar refractivity (Wildman–Crippen MR) is 71.9 cm³/mol. The van der Waals surface area contributed by atoms with Crippen molar-refractivity contribution in [2.24, 2.45) is 5.73 Å². The summed E-state index contributed by atoms with van der Waals surface area (Å²) >= 11 is 1.70. The smallest absolute Gasteiger partial charge is 0.236 e. The fourth-order valence-corrected chi connectivity index (χ4v) is 1.88. The molecule has 0 spiro atoms. The van der Waals surface area contributed by atoms with Crippen LogP contribution in [0, 0.1) is 0 Å². The second-order valence-corrected chi connectivity index (χ2v) is 4.77. The average Bonchev–Trinajstić information content (AvgIpc) is 2.37. The maximum absolute atomic E-state index is 11.6. The Morgan fingerprint density at radius 1 is 1.53 bits per heavy atom. The van der Waals surface area contributed by atoms with E-state index in [-0.39, 0.29) is 11.9 Å². The summed E-state index contributed by atoms with van der Waals surface area (Å²) in [5.41, 5.74) is 6.91. The molecule has 4 nitrogen and oxygen atoms in total. The van der Waals surface area contributed by atoms with E-state index in [9.17, 15) is 4.79 Å². The normalized spacial score (nSPS) is 12.1. The second-order valence-electron chi connectivity index (χ2n) is 3.78. The molecule has 3 N–H and O–H groups in total. The molecular weight excluding hydrogens is 234 g/mol. The molecule has 1 rings (SSSR count). The van der Waals surface area contributed by atoms with Gasteiger partial charge < -0.3 is 11.1 Å². The fourth-order valence-electron chi connectivity index (χ4n) is 1.39. The average molecular weight is 253 g/mol. The first-order chi connectivity index (χ1) is 8.24. The third-order valence-electron chi connectivity index (χ3n) is 2.43. The van der Waals surface area contributed by atoms with Gasteiger partial charge in [-0.15, -0.1) is 0 Å². The summed E-state index contributed by atoms with van der Waals surface area (Å²) in [6.45, 7) is 0.621. The number of pyridine rings is 1. The summed E-state index contributed by atoms with van der Waals surface area (Å²) in [5.74, 6) is 0.854. The molecule has 1 heterocycles. The van der Waals surface area contributed by atoms with Gasteiger partial charge in [0.05, 0.1) is 6.04 Å². The van der Waals surface area contributed by atoms with Crippen molar-refractivity contribution in [3.8, 4) is 0 Å². The van der Waals surface area contributed by atoms with Crippen LogP contribution in [-0.2, 0) is 11.2 Å². The van der Waals surface area contributed by atoms with Gasteiger partial charge in [0.15, 0.2) is 0 Å². The highest BCUT2D eigenvalue weighted by Gasteiger charge is 2.11. The highest BCUT2D eigenvalue weighted by atomic mass is 32.2. The molecule has 1 atom stereocenters. The fraction of sp³-hybridized carbons (Fsp3) is 0.500. The molecule has 0 unspecified atom stereocenters. The largest absolute Gasteiger partial charge is 0.354 e. The number of hydrogen-bond donors (Lipinski definition) is 2. The van der Waals surface area contributed by atoms with Gasteiger partial charge in [-0.25, -0.2) is 0 Å². The summed E-state index contributed by atoms with van der Waals surface area (Å²) in [7, 11) is 0. The molecule has 0 bridgehead atoms. The van der Waals surface area contributed by atoms with E-state index in [1.807, 2.05) is 18.4 Å². The lowest BCUT2D eigenvalue weighted by atomic mass is 10.2. The maximum atomic E-state index is 11.6. The summed E-state index contributed by atoms with van der Waals surface area (Å²) in [4.78, 5) is 15.5. The third-order valence-corrected chi connectivity index (χ3v) is 3.08. The number of thioether (sulfide) groups is 1. The van der Waals surface area contributed by atoms with Gasteiger partial charge in [-0.2, -0.15) is 11.8 Å². The molecule has 0 fully saturated rings. The molecule has 0 saturated heterocycles. The van der Waals surface area contributed by atoms with E-state index in [1.54, 1.807) is 24.2 Å². The van der Waals surface area contributed by atoms with Crippen LogP contribution in [0.15, 0.2) is 24.5 Å². The minimum atomic E-state index is -0.389. The quantitative estimate of drug-likeness (QED) is 0.755. The SMILES string of the molecule is CSCC[C@@H](N)C(=O)NCCc1ccncc1. The van der Waals surface area contributed by atoms with E-state index in [1.165, 1.54) is 0 Å². The molecule has 17 heavy (non-hydrogen) atoms. The topological polar surface area (TPSA) is 68.0 Å². The van der Waals surface area contributed by atoms with Gasteiger partial charge in [-0.3, -0.25) is 9.78 Å². The number of amides is 1. The van der Waals surface area contributed by atoms with Gasteiger partial charge in [0.25, 0.3) is 0 Å². The number of nitrogens with two attached hydrogens (primary N) is 1. The Kier molecular flexibility index (Phi) is 6.65. The summed E-state index contributed by atoms with van der Waals surface area (Å²) in [5, 5.41) is 2.85. The molecule has 0 aliphatic heterocycles. The molecule has 5 heteroatoms. The Hall–Kier alpha value is -1.07. The van der Waals surface area contributed by atoms with Crippen LogP contribution in [0.5, 0.6) is 0 Å². The van der Waals surface area contributed by atoms with E-state index in [2.05, 4.69) is 10.3 Å². The zero-order valence-electron chi connectivity index (χ0n) is 10.1. The first-order valence-corrected chi connectivity index (χ1v) is 7.04. The van der Waals surface area contributed by atoms with E-state index in [0.29, 0.717) is 6.54 Å². The Bertz CT molecular complexity index is 332. The number of aromatic nitrogens is 1. The van der Waals surface area contributed by atoms with Crippen LogP contribution in [0.1, 0.15) is 12.0 Å². The van der Waals surface area contributed by atoms with Gasteiger partial charge in [0.2, 0.25) is 5.91 Å². The van der Waals surface area contributed by atoms with Crippen molar-refractivity contribution in [1.29, 1.82) is 0 Å². The summed E-state index contributed by atoms with van der Waals surface area (Å²) in [6, 6.07) is 3.50. The van der Waals surface area contributed by atoms with Crippen molar-refractivity contribution < 1.29 is 4.79 Å². The van der Waals surface area contributed by atoms with Crippen LogP contribution in [0.3, 0.4) is 0 Å². The number of rotatable bonds is 7. The Morgan fingerprint density at radius 3 is 2.88 bits per heavy atom. The van der Waals surface area contributed by atoms with Crippen molar-refractivity contribution in [2.75, 3.05) is 18.6 Å². The number of carbonyl (C=O) groups is 1. The standard InChI is InChI=1S/C12H19N3OS/c1-17-9-5-11(13)12(16)15-8-4-10-2-6-14-7-3-10/h2-3,6-7,11H,4-5,8-9,13H2,1H3,(H,15,16)/t11-/m1/s1. The van der Waals surface area contributed by atoms with E-state index in [0.717, 1.165) is 24.2 Å². The first-order valence-electron chi connectivity index (χ1n) is 5.65. The van der Waals surface area contributed by atoms with E-state index >= 15 is 0 Å². The van der Waals surface area contributed by atoms with Crippen LogP contribution in [0.25, 0.3) is 0 Å². The molecule has 1 aromatic heterocycles. The van der Waals surface area contributed by atoms with Gasteiger partial charge in [0, 0.05) is 18.9 Å². The number of hydrogen-bond acceptors (Lipinski definition) is 4. The van der Waals surface area contributed by atoms with Crippen molar-refractivity contribution in [3.63, 3.8) is 0 Å². The Morgan fingerprint density at radius 2 is 2.24 bits per heavy atom. The van der Waals surface area contributed by atoms with Crippen molar-refractivity contribution >= 4 is 17.7 Å². The van der Waals surface area contributed by atoms with Gasteiger partial charge in [0.1, 0.15) is 0 Å². The predicted octanol–water partition coefficient (Wildman–Crippen LogP) is 0.821. The van der Waals surface area contributed by atoms with Crippen LogP contribution in [-0.4, -0.2) is 35.5 Å². The Balaban J connectivity index is 2.20. The molecule has 0 radical (unpaired) electrons. The van der Waals surface area contributed by atoms with Crippen molar-refractivity contribution in [2.45, 2.75) is 18.9 Å². The first kappa shape index (κ1) is 14.0. The molecule has 0 aliphatic carbocycles. The molecule has 1 amide bonds. The lowest BCUT2D eigenvalue weighted by Crippen LogP contribution is -2.41. The van der Waals surface area contributed by atoms with Crippen LogP contribution in [0.2, 0.25) is 0 Å². The lowest BCUT2D eigenvalue weighted by Gasteiger charge is -2.11. The minimum Gasteiger partial charge on any atom is -0.354 e. The zero-order valence-corrected chi connectivity index (χ0v) is 10.9. The molecule has 0 aliphatic rings. The number of carbonyl (C=O) groups excluding carboxylic acids is 1. The van der Waals surface area contributed by atoms with Crippen molar-refractivity contribution in [3.05, 3.63) is 30.1 Å². The van der Waals surface area contributed by atoms with Gasteiger partial charge in [-0.05, 0) is 42.5 Å². The number of nitrogens with zero attached hydrogens (tertiary/aromatic N) is 1. The zero-order chi connectivity index (χ0) is 12.5. The Labute approximate surface area is 106 Å². The molecular formula is C12H19N3OS. The number of nitrogens with one attached hydrogen (secondary N) is 1. The summed E-state index contributed by atoms with van der Waals surface area (Å²) in [6.07, 6.45) is 7.04. The molecule has 0 saturated carbocycles. The van der Waals surface area contributed by atoms with Crippen LogP contribution >= 0.6 is 11.8 Å². The highest BCUT2D eigenvalue weighted by Crippen LogP contribution is 1.99. The third kappa shape index (κ3) is 5.70. The molecule has 94 valence electrons. The molecule has 1 aromatic rings. The lowest BCUT2D eigenvalue weighted by molar-refractivity contribution is -0.122. The van der Waals surface area contributed by atoms with E-state index in [4.69, 9.17) is 5.73 Å². The maximum Gasteiger partial charge on any atom is 0.236 e. The molecule has 0 aromatic carbocycles. The van der Waals surface area contributed by atoms with E-state index < -0.39 is 0 Å².